The molecule has 38 heavy (non-hydrogen) atoms. The van der Waals surface area contributed by atoms with E-state index in [4.69, 9.17) is 14.6 Å². The third-order valence-corrected chi connectivity index (χ3v) is 5.69. The summed E-state index contributed by atoms with van der Waals surface area (Å²) in [5.41, 5.74) is 3.70. The first-order valence-electron chi connectivity index (χ1n) is 12.1. The Morgan fingerprint density at radius 2 is 1.82 bits per heavy atom. The summed E-state index contributed by atoms with van der Waals surface area (Å²) in [5, 5.41) is 17.2. The Hall–Kier alpha value is -4.74. The minimum atomic E-state index is -0.452. The Bertz CT molecular complexity index is 1420. The van der Waals surface area contributed by atoms with Gasteiger partial charge >= 0.3 is 0 Å². The Balaban J connectivity index is 1.59. The summed E-state index contributed by atoms with van der Waals surface area (Å²) < 4.78 is 25.7. The van der Waals surface area contributed by atoms with Crippen LogP contribution in [0.1, 0.15) is 17.5 Å². The van der Waals surface area contributed by atoms with Crippen molar-refractivity contribution in [1.29, 1.82) is 5.26 Å². The first kappa shape index (κ1) is 26.3. The maximum Gasteiger partial charge on any atom is 0.261 e. The number of nitriles is 1. The molecule has 0 aliphatic carbocycles. The highest BCUT2D eigenvalue weighted by Crippen LogP contribution is 2.28. The van der Waals surface area contributed by atoms with Crippen LogP contribution in [-0.4, -0.2) is 35.9 Å². The van der Waals surface area contributed by atoms with E-state index in [9.17, 15) is 14.4 Å². The first-order chi connectivity index (χ1) is 18.6. The van der Waals surface area contributed by atoms with Gasteiger partial charge in [0.25, 0.3) is 5.91 Å². The molecule has 192 valence electrons. The minimum absolute atomic E-state index is 0.0180. The Morgan fingerprint density at radius 3 is 2.50 bits per heavy atom. The maximum absolute atomic E-state index is 13.1. The number of aromatic nitrogens is 2. The summed E-state index contributed by atoms with van der Waals surface area (Å²) in [5.74, 6) is -0.0987. The van der Waals surface area contributed by atoms with Gasteiger partial charge in [0.1, 0.15) is 29.8 Å². The monoisotopic (exact) mass is 510 g/mol. The fourth-order valence-corrected chi connectivity index (χ4v) is 3.70. The van der Waals surface area contributed by atoms with E-state index in [-0.39, 0.29) is 11.4 Å². The first-order valence-corrected chi connectivity index (χ1v) is 12.1. The highest BCUT2D eigenvalue weighted by molar-refractivity contribution is 6.02. The second kappa shape index (κ2) is 13.0. The van der Waals surface area contributed by atoms with Gasteiger partial charge < -0.3 is 14.8 Å². The van der Waals surface area contributed by atoms with E-state index in [1.807, 2.05) is 60.7 Å². The molecule has 7 nitrogen and oxygen atoms in total. The van der Waals surface area contributed by atoms with Crippen molar-refractivity contribution < 1.29 is 18.7 Å². The predicted molar refractivity (Wildman–Crippen MR) is 143 cm³/mol. The number of methoxy groups -OCH3 is 1. The molecule has 0 fully saturated rings. The lowest BCUT2D eigenvalue weighted by Gasteiger charge is -2.07. The molecule has 1 heterocycles. The number of carbonyl (C=O) groups is 1. The van der Waals surface area contributed by atoms with Crippen LogP contribution in [0, 0.1) is 17.1 Å². The fourth-order valence-electron chi connectivity index (χ4n) is 3.70. The molecule has 0 saturated carbocycles. The van der Waals surface area contributed by atoms with Crippen LogP contribution in [0.15, 0.2) is 90.6 Å². The maximum atomic E-state index is 13.1. The second-order valence-electron chi connectivity index (χ2n) is 8.42. The van der Waals surface area contributed by atoms with Crippen LogP contribution in [0.3, 0.4) is 0 Å². The quantitative estimate of drug-likeness (QED) is 0.168. The SMILES string of the molecule is COCCCNC(=O)/C(C#N)=C\c1cn(-c2ccccc2)nc1-c1ccc(OCc2ccc(F)cc2)cc1. The molecule has 0 saturated heterocycles. The van der Waals surface area contributed by atoms with E-state index in [1.54, 1.807) is 36.2 Å². The van der Waals surface area contributed by atoms with Crippen molar-refractivity contribution in [3.63, 3.8) is 0 Å². The van der Waals surface area contributed by atoms with Crippen molar-refractivity contribution in [2.24, 2.45) is 0 Å². The molecule has 4 rings (SSSR count). The number of benzene rings is 3. The summed E-state index contributed by atoms with van der Waals surface area (Å²) in [6.07, 6.45) is 3.99. The van der Waals surface area contributed by atoms with E-state index >= 15 is 0 Å². The average Bonchev–Trinajstić information content (AvgIpc) is 3.38. The van der Waals surface area contributed by atoms with Crippen LogP contribution in [0.4, 0.5) is 4.39 Å². The Kier molecular flexibility index (Phi) is 9.00. The van der Waals surface area contributed by atoms with Crippen molar-refractivity contribution in [2.75, 3.05) is 20.3 Å². The lowest BCUT2D eigenvalue weighted by Crippen LogP contribution is -2.26. The molecular weight excluding hydrogens is 483 g/mol. The van der Waals surface area contributed by atoms with Crippen molar-refractivity contribution >= 4 is 12.0 Å². The van der Waals surface area contributed by atoms with E-state index in [0.717, 1.165) is 16.8 Å². The summed E-state index contributed by atoms with van der Waals surface area (Å²) in [6.45, 7) is 1.23. The zero-order valence-corrected chi connectivity index (χ0v) is 20.9. The number of halogens is 1. The molecule has 1 amide bonds. The number of amides is 1. The smallest absolute Gasteiger partial charge is 0.261 e. The summed E-state index contributed by atoms with van der Waals surface area (Å²) in [6, 6.07) is 25.1. The molecule has 0 spiro atoms. The molecule has 1 N–H and O–H groups in total. The van der Waals surface area contributed by atoms with E-state index < -0.39 is 5.91 Å². The molecule has 0 bridgehead atoms. The van der Waals surface area contributed by atoms with Gasteiger partial charge in [-0.1, -0.05) is 30.3 Å². The zero-order valence-electron chi connectivity index (χ0n) is 20.9. The predicted octanol–water partition coefficient (Wildman–Crippen LogP) is 5.32. The summed E-state index contributed by atoms with van der Waals surface area (Å²) in [4.78, 5) is 12.6. The molecule has 0 aliphatic rings. The van der Waals surface area contributed by atoms with Gasteiger partial charge in [-0.2, -0.15) is 10.4 Å². The molecule has 1 aromatic heterocycles. The lowest BCUT2D eigenvalue weighted by atomic mass is 10.1. The van der Waals surface area contributed by atoms with E-state index in [2.05, 4.69) is 5.32 Å². The normalized spacial score (nSPS) is 11.1. The summed E-state index contributed by atoms with van der Waals surface area (Å²) in [7, 11) is 1.60. The number of hydrogen-bond acceptors (Lipinski definition) is 5. The van der Waals surface area contributed by atoms with Crippen LogP contribution in [0.25, 0.3) is 23.0 Å². The fraction of sp³-hybridized carbons (Fsp3) is 0.167. The molecular formula is C30H27FN4O3. The topological polar surface area (TPSA) is 89.2 Å². The summed E-state index contributed by atoms with van der Waals surface area (Å²) >= 11 is 0. The molecule has 0 unspecified atom stereocenters. The van der Waals surface area contributed by atoms with Gasteiger partial charge in [0, 0.05) is 37.6 Å². The molecule has 4 aromatic rings. The highest BCUT2D eigenvalue weighted by Gasteiger charge is 2.15. The lowest BCUT2D eigenvalue weighted by molar-refractivity contribution is -0.117. The van der Waals surface area contributed by atoms with Crippen LogP contribution in [0.5, 0.6) is 5.75 Å². The number of nitrogens with one attached hydrogen (secondary N) is 1. The third-order valence-electron chi connectivity index (χ3n) is 5.69. The van der Waals surface area contributed by atoms with Gasteiger partial charge in [-0.25, -0.2) is 9.07 Å². The molecule has 3 aromatic carbocycles. The number of hydrogen-bond donors (Lipinski definition) is 1. The highest BCUT2D eigenvalue weighted by atomic mass is 19.1. The van der Waals surface area contributed by atoms with Gasteiger partial charge in [0.2, 0.25) is 0 Å². The van der Waals surface area contributed by atoms with Gasteiger partial charge in [-0.05, 0) is 66.6 Å². The molecule has 0 aliphatic heterocycles. The number of nitrogens with zero attached hydrogens (tertiary/aromatic N) is 3. The van der Waals surface area contributed by atoms with E-state index in [0.29, 0.717) is 43.2 Å². The van der Waals surface area contributed by atoms with Crippen LogP contribution in [0.2, 0.25) is 0 Å². The van der Waals surface area contributed by atoms with Crippen molar-refractivity contribution in [3.8, 4) is 28.8 Å². The van der Waals surface area contributed by atoms with Crippen molar-refractivity contribution in [3.05, 3.63) is 108 Å². The van der Waals surface area contributed by atoms with Gasteiger partial charge in [-0.15, -0.1) is 0 Å². The van der Waals surface area contributed by atoms with Crippen molar-refractivity contribution in [2.45, 2.75) is 13.0 Å². The van der Waals surface area contributed by atoms with Crippen molar-refractivity contribution in [1.82, 2.24) is 15.1 Å². The van der Waals surface area contributed by atoms with Crippen LogP contribution >= 0.6 is 0 Å². The van der Waals surface area contributed by atoms with Crippen LogP contribution < -0.4 is 10.1 Å². The van der Waals surface area contributed by atoms with Crippen LogP contribution in [-0.2, 0) is 16.1 Å². The molecule has 0 atom stereocenters. The Morgan fingerprint density at radius 1 is 1.08 bits per heavy atom. The van der Waals surface area contributed by atoms with Gasteiger partial charge in [0.15, 0.2) is 0 Å². The second-order valence-corrected chi connectivity index (χ2v) is 8.42. The standard InChI is InChI=1S/C30H27FN4O3/c1-37-17-5-16-33-30(36)24(19-32)18-25-20-35(27-6-3-2-4-7-27)34-29(25)23-10-14-28(15-11-23)38-21-22-8-12-26(31)13-9-22/h2-4,6-15,18,20H,5,16-17,21H2,1H3,(H,33,36)/b24-18-. The zero-order chi connectivity index (χ0) is 26.7. The number of rotatable bonds is 11. The largest absolute Gasteiger partial charge is 0.489 e. The third kappa shape index (κ3) is 6.93. The Labute approximate surface area is 220 Å². The average molecular weight is 511 g/mol. The van der Waals surface area contributed by atoms with Gasteiger partial charge in [-0.3, -0.25) is 4.79 Å². The molecule has 0 radical (unpaired) electrons. The van der Waals surface area contributed by atoms with Gasteiger partial charge in [0.05, 0.1) is 11.4 Å². The number of ether oxygens (including phenoxy) is 2. The van der Waals surface area contributed by atoms with E-state index in [1.165, 1.54) is 12.1 Å². The molecule has 8 heteroatoms. The minimum Gasteiger partial charge on any atom is -0.489 e. The number of carbonyl (C=O) groups excluding carboxylic acids is 1. The number of para-hydroxylation sites is 1.